The Labute approximate surface area is 311 Å². The molecule has 50 heavy (non-hydrogen) atoms. The molecule has 3 aromatic carbocycles. The van der Waals surface area contributed by atoms with Gasteiger partial charge in [-0.1, -0.05) is 87.4 Å². The van der Waals surface area contributed by atoms with Crippen LogP contribution in [0.5, 0.6) is 17.2 Å². The van der Waals surface area contributed by atoms with Crippen molar-refractivity contribution in [2.24, 2.45) is 0 Å². The van der Waals surface area contributed by atoms with Gasteiger partial charge in [-0.25, -0.2) is 0 Å². The van der Waals surface area contributed by atoms with Crippen LogP contribution in [0.2, 0.25) is 0 Å². The van der Waals surface area contributed by atoms with Gasteiger partial charge in [0.1, 0.15) is 17.2 Å². The van der Waals surface area contributed by atoms with Crippen molar-refractivity contribution in [2.75, 3.05) is 0 Å². The van der Waals surface area contributed by atoms with E-state index in [1.807, 2.05) is 18.2 Å². The Morgan fingerprint density at radius 2 is 0.840 bits per heavy atom. The monoisotopic (exact) mass is 726 g/mol. The maximum atomic E-state index is 10.9. The van der Waals surface area contributed by atoms with Gasteiger partial charge in [0.25, 0.3) is 0 Å². The fourth-order valence-electron chi connectivity index (χ4n) is 6.64. The standard InChI is InChI=1S/C37H52O3.C6H8Cl2O2/c1-21(25-18-29(35(5,6)7)32(38)15-22(25)2)14-28(26-19-30(36(8,9)10)33(39)16-23(26)3)27-20-31(37(11,12)13)34(40)17-24(27)4;7-5(9)3-1-2-4-6(8)10/h15-21,28,38-40H,14H2,1-13H3;1-4H2. The summed E-state index contributed by atoms with van der Waals surface area (Å²) in [5.74, 6) is 1.27. The lowest BCUT2D eigenvalue weighted by molar-refractivity contribution is -0.113. The zero-order chi connectivity index (χ0) is 38.5. The Bertz CT molecular complexity index is 1580. The molecule has 1 unspecified atom stereocenters. The molecule has 0 aliphatic rings. The molecule has 1 atom stereocenters. The number of phenols is 3. The van der Waals surface area contributed by atoms with Crippen LogP contribution in [0.15, 0.2) is 36.4 Å². The summed E-state index contributed by atoms with van der Waals surface area (Å²) < 4.78 is 0. The number of carbonyl (C=O) groups is 2. The Morgan fingerprint density at radius 3 is 1.12 bits per heavy atom. The zero-order valence-corrected chi connectivity index (χ0v) is 34.1. The summed E-state index contributed by atoms with van der Waals surface area (Å²) in [7, 11) is 0. The van der Waals surface area contributed by atoms with Gasteiger partial charge >= 0.3 is 0 Å². The second kappa shape index (κ2) is 17.0. The lowest BCUT2D eigenvalue weighted by atomic mass is 9.74. The van der Waals surface area contributed by atoms with Crippen LogP contribution in [0, 0.1) is 20.8 Å². The Balaban J connectivity index is 0.000000752. The fraction of sp³-hybridized carbons (Fsp3) is 0.535. The van der Waals surface area contributed by atoms with Gasteiger partial charge in [-0.05, 0) is 154 Å². The molecule has 0 fully saturated rings. The fourth-order valence-corrected chi connectivity index (χ4v) is 6.91. The van der Waals surface area contributed by atoms with Crippen LogP contribution in [-0.2, 0) is 25.8 Å². The predicted molar refractivity (Wildman–Crippen MR) is 210 cm³/mol. The van der Waals surface area contributed by atoms with Gasteiger partial charge in [-0.15, -0.1) is 0 Å². The summed E-state index contributed by atoms with van der Waals surface area (Å²) >= 11 is 10.1. The van der Waals surface area contributed by atoms with Crippen molar-refractivity contribution in [3.8, 4) is 17.2 Å². The van der Waals surface area contributed by atoms with Crippen molar-refractivity contribution in [1.82, 2.24) is 0 Å². The lowest BCUT2D eigenvalue weighted by Gasteiger charge is -2.31. The first kappa shape index (κ1) is 43.1. The second-order valence-corrected chi connectivity index (χ2v) is 17.9. The Hall–Kier alpha value is -3.02. The molecule has 0 saturated heterocycles. The van der Waals surface area contributed by atoms with Crippen LogP contribution >= 0.6 is 23.2 Å². The average molecular weight is 728 g/mol. The van der Waals surface area contributed by atoms with Crippen LogP contribution in [0.1, 0.15) is 163 Å². The number of aromatic hydroxyl groups is 3. The van der Waals surface area contributed by atoms with E-state index in [0.29, 0.717) is 42.9 Å². The molecule has 0 bridgehead atoms. The molecule has 0 radical (unpaired) electrons. The maximum absolute atomic E-state index is 10.9. The van der Waals surface area contributed by atoms with E-state index in [-0.39, 0.29) is 38.6 Å². The van der Waals surface area contributed by atoms with Gasteiger partial charge in [0, 0.05) is 18.8 Å². The lowest BCUT2D eigenvalue weighted by Crippen LogP contribution is -2.17. The number of rotatable bonds is 10. The molecule has 0 aliphatic carbocycles. The molecule has 5 nitrogen and oxygen atoms in total. The summed E-state index contributed by atoms with van der Waals surface area (Å²) in [4.78, 5) is 20.3. The van der Waals surface area contributed by atoms with Gasteiger partial charge in [-0.2, -0.15) is 0 Å². The Kier molecular flexibility index (Phi) is 14.7. The van der Waals surface area contributed by atoms with Gasteiger partial charge in [0.05, 0.1) is 0 Å². The van der Waals surface area contributed by atoms with E-state index in [1.54, 1.807) is 0 Å². The first-order valence-corrected chi connectivity index (χ1v) is 18.4. The van der Waals surface area contributed by atoms with Crippen molar-refractivity contribution in [2.45, 2.75) is 150 Å². The number of carbonyl (C=O) groups excluding carboxylic acids is 2. The predicted octanol–water partition coefficient (Wildman–Crippen LogP) is 12.0. The van der Waals surface area contributed by atoms with Crippen molar-refractivity contribution in [1.29, 1.82) is 0 Å². The van der Waals surface area contributed by atoms with E-state index in [9.17, 15) is 24.9 Å². The van der Waals surface area contributed by atoms with Crippen LogP contribution in [0.4, 0.5) is 0 Å². The highest BCUT2D eigenvalue weighted by molar-refractivity contribution is 6.63. The molecule has 0 heterocycles. The van der Waals surface area contributed by atoms with Crippen LogP contribution in [0.3, 0.4) is 0 Å². The number of hydrogen-bond acceptors (Lipinski definition) is 5. The molecule has 0 aliphatic heterocycles. The van der Waals surface area contributed by atoms with E-state index in [2.05, 4.69) is 108 Å². The van der Waals surface area contributed by atoms with E-state index >= 15 is 0 Å². The van der Waals surface area contributed by atoms with E-state index in [4.69, 9.17) is 23.2 Å². The number of halogens is 2. The minimum atomic E-state index is -0.359. The highest BCUT2D eigenvalue weighted by Crippen LogP contribution is 2.45. The molecule has 0 spiro atoms. The SMILES string of the molecule is Cc1cc(O)c(C(C)(C)C)cc1C(C)CC(c1cc(C(C)(C)C)c(O)cc1C)c1cc(C(C)(C)C)c(O)cc1C.O=C(Cl)CCCCC(=O)Cl. The molecule has 3 aromatic rings. The molecule has 3 rings (SSSR count). The van der Waals surface area contributed by atoms with E-state index in [1.165, 1.54) is 16.7 Å². The number of hydrogen-bond donors (Lipinski definition) is 3. The molecule has 0 saturated carbocycles. The third kappa shape index (κ3) is 11.8. The molecular formula is C43H60Cl2O5. The molecule has 7 heteroatoms. The number of benzene rings is 3. The van der Waals surface area contributed by atoms with Crippen molar-refractivity contribution >= 4 is 33.7 Å². The average Bonchev–Trinajstić information content (AvgIpc) is 2.92. The summed E-state index contributed by atoms with van der Waals surface area (Å²) in [5, 5.41) is 31.9. The van der Waals surface area contributed by atoms with Crippen molar-refractivity contribution < 1.29 is 24.9 Å². The Morgan fingerprint density at radius 1 is 0.560 bits per heavy atom. The quantitative estimate of drug-likeness (QED) is 0.143. The van der Waals surface area contributed by atoms with Gasteiger partial charge in [-0.3, -0.25) is 9.59 Å². The maximum Gasteiger partial charge on any atom is 0.221 e. The minimum Gasteiger partial charge on any atom is -0.508 e. The van der Waals surface area contributed by atoms with Crippen LogP contribution in [0.25, 0.3) is 0 Å². The van der Waals surface area contributed by atoms with Gasteiger partial charge in [0.2, 0.25) is 10.5 Å². The summed E-state index contributed by atoms with van der Waals surface area (Å²) in [6.07, 6.45) is 2.78. The smallest absolute Gasteiger partial charge is 0.221 e. The molecule has 3 N–H and O–H groups in total. The molecular weight excluding hydrogens is 667 g/mol. The third-order valence-corrected chi connectivity index (χ3v) is 9.82. The largest absolute Gasteiger partial charge is 0.508 e. The second-order valence-electron chi connectivity index (χ2n) is 17.0. The number of unbranched alkanes of at least 4 members (excludes halogenated alkanes) is 1. The highest BCUT2D eigenvalue weighted by atomic mass is 35.5. The topological polar surface area (TPSA) is 94.8 Å². The minimum absolute atomic E-state index is 0.0460. The molecule has 0 amide bonds. The summed E-state index contributed by atoms with van der Waals surface area (Å²) in [5.41, 5.74) is 9.11. The summed E-state index contributed by atoms with van der Waals surface area (Å²) in [6, 6.07) is 12.3. The van der Waals surface area contributed by atoms with Crippen molar-refractivity contribution in [3.05, 3.63) is 86.5 Å². The zero-order valence-electron chi connectivity index (χ0n) is 32.6. The normalized spacial score (nSPS) is 12.8. The highest BCUT2D eigenvalue weighted by Gasteiger charge is 2.30. The van der Waals surface area contributed by atoms with E-state index in [0.717, 1.165) is 39.8 Å². The first-order valence-electron chi connectivity index (χ1n) is 17.6. The number of phenolic OH excluding ortho intramolecular Hbond substituents is 3. The molecule has 276 valence electrons. The third-order valence-electron chi connectivity index (χ3n) is 9.44. The van der Waals surface area contributed by atoms with Crippen LogP contribution < -0.4 is 0 Å². The first-order chi connectivity index (χ1) is 22.7. The molecule has 0 aromatic heterocycles. The van der Waals surface area contributed by atoms with Gasteiger partial charge in [0.15, 0.2) is 0 Å². The van der Waals surface area contributed by atoms with Crippen molar-refractivity contribution in [3.63, 3.8) is 0 Å². The number of aryl methyl sites for hydroxylation is 3. The summed E-state index contributed by atoms with van der Waals surface area (Å²) in [6.45, 7) is 27.7. The van der Waals surface area contributed by atoms with Crippen LogP contribution in [-0.4, -0.2) is 25.8 Å². The van der Waals surface area contributed by atoms with Gasteiger partial charge < -0.3 is 15.3 Å². The van der Waals surface area contributed by atoms with E-state index < -0.39 is 0 Å².